The van der Waals surface area contributed by atoms with Gasteiger partial charge >= 0.3 is 66.7 Å². The molecule has 8 heteroatoms. The quantitative estimate of drug-likeness (QED) is 0.322. The van der Waals surface area contributed by atoms with Crippen LogP contribution in [0.1, 0.15) is 5.56 Å². The summed E-state index contributed by atoms with van der Waals surface area (Å²) in [6, 6.07) is 3.98. The van der Waals surface area contributed by atoms with Crippen molar-refractivity contribution in [2.75, 3.05) is 0 Å². The number of rotatable bonds is 2. The zero-order chi connectivity index (χ0) is 10.1. The molecule has 5 nitrogen and oxygen atoms in total. The molecule has 1 rings (SSSR count). The Hall–Kier alpha value is 0.970. The Kier molecular flexibility index (Phi) is 8.96. The zero-order valence-electron chi connectivity index (χ0n) is 6.58. The van der Waals surface area contributed by atoms with Gasteiger partial charge in [-0.1, -0.05) is 12.1 Å². The number of phenolic OH excluding ortho intramolecular Hbond substituents is 2. The number of hydrogen-bond acceptors (Lipinski definition) is 3. The van der Waals surface area contributed by atoms with Crippen LogP contribution < -0.4 is 0 Å². The van der Waals surface area contributed by atoms with Crippen molar-refractivity contribution in [3.8, 4) is 11.5 Å². The van der Waals surface area contributed by atoms with E-state index in [1.54, 1.807) is 0 Å². The molecule has 0 aliphatic carbocycles. The van der Waals surface area contributed by atoms with Crippen molar-refractivity contribution in [2.45, 2.75) is 6.16 Å². The Morgan fingerprint density at radius 2 is 1.67 bits per heavy atom. The standard InChI is InChI=1S/C7H9O5P.2Na.2H/c8-6-3-1-2-5(7(6)9)4-13(10,11)12;;;;/h1-3,8-9H,4H2,(H2,10,11,12);;;;. The van der Waals surface area contributed by atoms with Gasteiger partial charge in [0, 0.05) is 5.56 Å². The zero-order valence-corrected chi connectivity index (χ0v) is 7.48. The molecule has 0 aromatic heterocycles. The predicted octanol–water partition coefficient (Wildman–Crippen LogP) is -0.521. The molecule has 0 saturated heterocycles. The molecule has 76 valence electrons. The summed E-state index contributed by atoms with van der Waals surface area (Å²) in [5.41, 5.74) is 0.0355. The van der Waals surface area contributed by atoms with Gasteiger partial charge in [-0.05, 0) is 6.07 Å². The topological polar surface area (TPSA) is 98.0 Å². The van der Waals surface area contributed by atoms with Gasteiger partial charge in [0.25, 0.3) is 0 Å². The van der Waals surface area contributed by atoms with Crippen LogP contribution in [0.4, 0.5) is 0 Å². The maximum absolute atomic E-state index is 10.6. The molecule has 0 amide bonds. The normalized spacial score (nSPS) is 10.0. The van der Waals surface area contributed by atoms with Crippen LogP contribution in [0.25, 0.3) is 0 Å². The Labute approximate surface area is 131 Å². The first-order valence-corrected chi connectivity index (χ1v) is 5.24. The van der Waals surface area contributed by atoms with Gasteiger partial charge in [-0.25, -0.2) is 0 Å². The summed E-state index contributed by atoms with van der Waals surface area (Å²) in [4.78, 5) is 17.2. The second-order valence-electron chi connectivity index (χ2n) is 2.61. The molecule has 0 aliphatic rings. The van der Waals surface area contributed by atoms with Gasteiger partial charge in [0.1, 0.15) is 0 Å². The summed E-state index contributed by atoms with van der Waals surface area (Å²) < 4.78 is 10.6. The fraction of sp³-hybridized carbons (Fsp3) is 0.143. The first-order valence-electron chi connectivity index (χ1n) is 3.44. The Morgan fingerprint density at radius 1 is 1.13 bits per heavy atom. The van der Waals surface area contributed by atoms with Crippen LogP contribution in [0.2, 0.25) is 0 Å². The van der Waals surface area contributed by atoms with Crippen molar-refractivity contribution in [3.05, 3.63) is 23.8 Å². The molecule has 0 unspecified atom stereocenters. The van der Waals surface area contributed by atoms with Crippen LogP contribution in [0.3, 0.4) is 0 Å². The van der Waals surface area contributed by atoms with Gasteiger partial charge in [-0.3, -0.25) is 4.57 Å². The van der Waals surface area contributed by atoms with Crippen molar-refractivity contribution in [1.82, 2.24) is 0 Å². The molecule has 0 bridgehead atoms. The Bertz CT molecular complexity index is 364. The Balaban J connectivity index is 0. The molecule has 4 N–H and O–H groups in total. The van der Waals surface area contributed by atoms with E-state index in [2.05, 4.69) is 0 Å². The van der Waals surface area contributed by atoms with Crippen molar-refractivity contribution in [3.63, 3.8) is 0 Å². The van der Waals surface area contributed by atoms with E-state index in [0.717, 1.165) is 0 Å². The maximum atomic E-state index is 10.6. The van der Waals surface area contributed by atoms with Crippen LogP contribution in [0.5, 0.6) is 11.5 Å². The first kappa shape index (κ1) is 18.3. The van der Waals surface area contributed by atoms with Gasteiger partial charge in [-0.2, -0.15) is 0 Å². The molecule has 0 spiro atoms. The summed E-state index contributed by atoms with van der Waals surface area (Å²) in [6.07, 6.45) is -0.576. The summed E-state index contributed by atoms with van der Waals surface area (Å²) in [5.74, 6) is -0.864. The fourth-order valence-corrected chi connectivity index (χ4v) is 1.63. The van der Waals surface area contributed by atoms with Crippen LogP contribution in [0, 0.1) is 0 Å². The van der Waals surface area contributed by atoms with Gasteiger partial charge in [0.15, 0.2) is 11.5 Å². The second kappa shape index (κ2) is 7.33. The van der Waals surface area contributed by atoms with Crippen molar-refractivity contribution < 1.29 is 24.6 Å². The molecule has 0 atom stereocenters. The van der Waals surface area contributed by atoms with Crippen LogP contribution in [-0.4, -0.2) is 79.1 Å². The summed E-state index contributed by atoms with van der Waals surface area (Å²) in [7, 11) is -4.21. The number of phenols is 2. The number of hydrogen-bond donors (Lipinski definition) is 4. The molecule has 0 heterocycles. The van der Waals surface area contributed by atoms with Crippen LogP contribution in [-0.2, 0) is 10.7 Å². The Morgan fingerprint density at radius 3 is 2.13 bits per heavy atom. The molecule has 15 heavy (non-hydrogen) atoms. The minimum atomic E-state index is -4.21. The average Bonchev–Trinajstić information content (AvgIpc) is 1.96. The van der Waals surface area contributed by atoms with E-state index < -0.39 is 19.5 Å². The monoisotopic (exact) mass is 252 g/mol. The first-order chi connectivity index (χ1) is 5.90. The summed E-state index contributed by atoms with van der Waals surface area (Å²) >= 11 is 0. The van der Waals surface area contributed by atoms with E-state index in [0.29, 0.717) is 0 Å². The van der Waals surface area contributed by atoms with Gasteiger partial charge < -0.3 is 20.0 Å². The van der Waals surface area contributed by atoms with E-state index >= 15 is 0 Å². The SMILES string of the molecule is O=P(O)(O)Cc1cccc(O)c1O.[NaH].[NaH]. The molecule has 0 saturated carbocycles. The number of para-hydroxylation sites is 1. The molecule has 1 aromatic carbocycles. The molecule has 0 radical (unpaired) electrons. The molecular formula is C7H11Na2O5P. The molecule has 0 fully saturated rings. The van der Waals surface area contributed by atoms with E-state index in [4.69, 9.17) is 20.0 Å². The predicted molar refractivity (Wildman–Crippen MR) is 59.8 cm³/mol. The third-order valence-electron chi connectivity index (χ3n) is 1.47. The number of benzene rings is 1. The van der Waals surface area contributed by atoms with E-state index in [9.17, 15) is 4.57 Å². The third kappa shape index (κ3) is 6.31. The van der Waals surface area contributed by atoms with E-state index in [1.807, 2.05) is 0 Å². The summed E-state index contributed by atoms with van der Waals surface area (Å²) in [5, 5.41) is 18.2. The number of aromatic hydroxyl groups is 2. The van der Waals surface area contributed by atoms with Gasteiger partial charge in [-0.15, -0.1) is 0 Å². The minimum absolute atomic E-state index is 0. The van der Waals surface area contributed by atoms with Gasteiger partial charge in [0.2, 0.25) is 0 Å². The molecular weight excluding hydrogens is 241 g/mol. The second-order valence-corrected chi connectivity index (χ2v) is 4.25. The van der Waals surface area contributed by atoms with Crippen molar-refractivity contribution >= 4 is 66.7 Å². The fourth-order valence-electron chi connectivity index (χ4n) is 0.927. The van der Waals surface area contributed by atoms with Gasteiger partial charge in [0.05, 0.1) is 6.16 Å². The van der Waals surface area contributed by atoms with Crippen molar-refractivity contribution in [1.29, 1.82) is 0 Å². The molecule has 0 aliphatic heterocycles. The van der Waals surface area contributed by atoms with Crippen LogP contribution >= 0.6 is 7.60 Å². The van der Waals surface area contributed by atoms with E-state index in [-0.39, 0.29) is 70.4 Å². The van der Waals surface area contributed by atoms with Crippen molar-refractivity contribution in [2.24, 2.45) is 0 Å². The summed E-state index contributed by atoms with van der Waals surface area (Å²) in [6.45, 7) is 0. The average molecular weight is 252 g/mol. The van der Waals surface area contributed by atoms with E-state index in [1.165, 1.54) is 18.2 Å². The van der Waals surface area contributed by atoms with Crippen LogP contribution in [0.15, 0.2) is 18.2 Å². The third-order valence-corrected chi connectivity index (χ3v) is 2.23. The molecule has 1 aromatic rings.